The summed E-state index contributed by atoms with van der Waals surface area (Å²) in [5.74, 6) is 1.44. The van der Waals surface area contributed by atoms with Gasteiger partial charge in [-0.05, 0) is 61.6 Å². The van der Waals surface area contributed by atoms with Gasteiger partial charge in [-0.2, -0.15) is 0 Å². The monoisotopic (exact) mass is 541 g/mol. The van der Waals surface area contributed by atoms with E-state index in [9.17, 15) is 4.39 Å². The molecule has 1 aliphatic rings. The average molecular weight is 541 g/mol. The van der Waals surface area contributed by atoms with Gasteiger partial charge >= 0.3 is 0 Å². The first-order valence-electron chi connectivity index (χ1n) is 10.6. The Morgan fingerprint density at radius 1 is 1.13 bits per heavy atom. The van der Waals surface area contributed by atoms with Crippen molar-refractivity contribution in [2.24, 2.45) is 4.99 Å². The third-order valence-corrected chi connectivity index (χ3v) is 5.63. The van der Waals surface area contributed by atoms with Crippen LogP contribution < -0.4 is 15.4 Å². The van der Waals surface area contributed by atoms with Crippen molar-refractivity contribution in [1.82, 2.24) is 10.6 Å². The van der Waals surface area contributed by atoms with Crippen LogP contribution in [0.5, 0.6) is 5.75 Å². The Balaban J connectivity index is 0.00000341. The van der Waals surface area contributed by atoms with Gasteiger partial charge < -0.3 is 20.1 Å². The Morgan fingerprint density at radius 3 is 2.52 bits per heavy atom. The number of ether oxygens (including phenoxy) is 2. The van der Waals surface area contributed by atoms with Crippen molar-refractivity contribution in [3.8, 4) is 5.75 Å². The summed E-state index contributed by atoms with van der Waals surface area (Å²) < 4.78 is 24.3. The number of aliphatic imine (C=N–C) groups is 1. The predicted octanol–water partition coefficient (Wildman–Crippen LogP) is 4.30. The van der Waals surface area contributed by atoms with E-state index >= 15 is 0 Å². The fourth-order valence-corrected chi connectivity index (χ4v) is 3.83. The van der Waals surface area contributed by atoms with Crippen LogP contribution in [-0.2, 0) is 16.6 Å². The Bertz CT molecular complexity index is 824. The van der Waals surface area contributed by atoms with Gasteiger partial charge in [0.15, 0.2) is 5.96 Å². The van der Waals surface area contributed by atoms with Crippen LogP contribution in [0.15, 0.2) is 53.5 Å². The van der Waals surface area contributed by atoms with Gasteiger partial charge in [-0.1, -0.05) is 24.3 Å². The van der Waals surface area contributed by atoms with Gasteiger partial charge in [0.1, 0.15) is 11.6 Å². The van der Waals surface area contributed by atoms with E-state index in [1.54, 1.807) is 19.2 Å². The molecule has 1 aliphatic heterocycles. The van der Waals surface area contributed by atoms with Crippen LogP contribution in [0.3, 0.4) is 0 Å². The highest BCUT2D eigenvalue weighted by Crippen LogP contribution is 2.36. The number of rotatable bonds is 8. The Morgan fingerprint density at radius 2 is 1.87 bits per heavy atom. The lowest BCUT2D eigenvalue weighted by Gasteiger charge is -2.36. The van der Waals surface area contributed by atoms with E-state index in [2.05, 4.69) is 29.7 Å². The second-order valence-electron chi connectivity index (χ2n) is 7.62. The zero-order chi connectivity index (χ0) is 21.2. The molecule has 0 atom stereocenters. The van der Waals surface area contributed by atoms with Crippen LogP contribution in [0.25, 0.3) is 0 Å². The van der Waals surface area contributed by atoms with E-state index in [4.69, 9.17) is 14.5 Å². The molecule has 1 saturated heterocycles. The molecule has 170 valence electrons. The Kier molecular flexibility index (Phi) is 10.5. The van der Waals surface area contributed by atoms with Crippen molar-refractivity contribution >= 4 is 29.9 Å². The van der Waals surface area contributed by atoms with E-state index in [-0.39, 0.29) is 35.2 Å². The normalized spacial score (nSPS) is 15.6. The number of benzene rings is 2. The number of halogens is 2. The van der Waals surface area contributed by atoms with Gasteiger partial charge in [-0.25, -0.2) is 4.39 Å². The maximum Gasteiger partial charge on any atom is 0.191 e. The highest BCUT2D eigenvalue weighted by atomic mass is 127. The first-order valence-corrected chi connectivity index (χ1v) is 10.6. The van der Waals surface area contributed by atoms with E-state index in [0.29, 0.717) is 13.1 Å². The van der Waals surface area contributed by atoms with Crippen molar-refractivity contribution in [3.63, 3.8) is 0 Å². The second kappa shape index (κ2) is 12.9. The molecule has 0 saturated carbocycles. The minimum absolute atomic E-state index is 0. The van der Waals surface area contributed by atoms with Crippen LogP contribution in [0, 0.1) is 5.82 Å². The predicted molar refractivity (Wildman–Crippen MR) is 134 cm³/mol. The molecule has 1 heterocycles. The Hall–Kier alpha value is -1.87. The van der Waals surface area contributed by atoms with Gasteiger partial charge in [0.25, 0.3) is 0 Å². The van der Waals surface area contributed by atoms with Crippen LogP contribution in [-0.4, -0.2) is 45.9 Å². The molecule has 3 rings (SSSR count). The molecule has 0 radical (unpaired) electrons. The van der Waals surface area contributed by atoms with E-state index < -0.39 is 0 Å². The zero-order valence-corrected chi connectivity index (χ0v) is 20.7. The van der Waals surface area contributed by atoms with E-state index in [1.165, 1.54) is 11.6 Å². The van der Waals surface area contributed by atoms with Gasteiger partial charge in [0.2, 0.25) is 0 Å². The topological polar surface area (TPSA) is 54.9 Å². The number of hydrogen-bond acceptors (Lipinski definition) is 3. The third-order valence-electron chi connectivity index (χ3n) is 5.63. The standard InChI is InChI=1S/C24H32FN3O2.HI/c1-3-26-23(27-14-11-19-5-4-6-21(25)17-19)28-18-24(12-15-30-16-13-24)20-7-9-22(29-2)10-8-20;/h4-10,17H,3,11-16,18H2,1-2H3,(H2,26,27,28);1H. The SMILES string of the molecule is CCNC(=NCC1(c2ccc(OC)cc2)CCOCC1)NCCc1cccc(F)c1.I. The lowest BCUT2D eigenvalue weighted by atomic mass is 9.74. The van der Waals surface area contributed by atoms with Gasteiger partial charge in [-0.15, -0.1) is 24.0 Å². The number of methoxy groups -OCH3 is 1. The molecule has 31 heavy (non-hydrogen) atoms. The van der Waals surface area contributed by atoms with Crippen molar-refractivity contribution in [1.29, 1.82) is 0 Å². The zero-order valence-electron chi connectivity index (χ0n) is 18.3. The molecule has 0 amide bonds. The molecule has 0 bridgehead atoms. The summed E-state index contributed by atoms with van der Waals surface area (Å²) in [6.07, 6.45) is 2.61. The molecule has 2 N–H and O–H groups in total. The molecule has 1 fully saturated rings. The minimum Gasteiger partial charge on any atom is -0.497 e. The average Bonchev–Trinajstić information content (AvgIpc) is 2.78. The lowest BCUT2D eigenvalue weighted by Crippen LogP contribution is -2.41. The number of guanidine groups is 1. The number of hydrogen-bond donors (Lipinski definition) is 2. The highest BCUT2D eigenvalue weighted by molar-refractivity contribution is 14.0. The molecule has 0 aromatic heterocycles. The lowest BCUT2D eigenvalue weighted by molar-refractivity contribution is 0.0531. The quantitative estimate of drug-likeness (QED) is 0.298. The maximum absolute atomic E-state index is 13.4. The van der Waals surface area contributed by atoms with E-state index in [0.717, 1.165) is 56.3 Å². The summed E-state index contributed by atoms with van der Waals surface area (Å²) in [6.45, 7) is 5.68. The summed E-state index contributed by atoms with van der Waals surface area (Å²) in [5, 5.41) is 6.70. The molecule has 2 aromatic rings. The van der Waals surface area contributed by atoms with Crippen molar-refractivity contribution < 1.29 is 13.9 Å². The van der Waals surface area contributed by atoms with E-state index in [1.807, 2.05) is 18.2 Å². The summed E-state index contributed by atoms with van der Waals surface area (Å²) in [7, 11) is 1.68. The van der Waals surface area contributed by atoms with Gasteiger partial charge in [0.05, 0.1) is 13.7 Å². The first-order chi connectivity index (χ1) is 14.6. The van der Waals surface area contributed by atoms with Crippen molar-refractivity contribution in [2.75, 3.05) is 40.0 Å². The number of nitrogens with zero attached hydrogens (tertiary/aromatic N) is 1. The van der Waals surface area contributed by atoms with Crippen LogP contribution in [0.4, 0.5) is 4.39 Å². The molecule has 5 nitrogen and oxygen atoms in total. The van der Waals surface area contributed by atoms with Gasteiger partial charge in [0, 0.05) is 31.7 Å². The first kappa shape index (κ1) is 25.4. The summed E-state index contributed by atoms with van der Waals surface area (Å²) in [5.41, 5.74) is 2.19. The van der Waals surface area contributed by atoms with Crippen molar-refractivity contribution in [2.45, 2.75) is 31.6 Å². The maximum atomic E-state index is 13.4. The van der Waals surface area contributed by atoms with Crippen LogP contribution >= 0.6 is 24.0 Å². The third kappa shape index (κ3) is 7.35. The summed E-state index contributed by atoms with van der Waals surface area (Å²) in [6, 6.07) is 15.0. The molecule has 0 aliphatic carbocycles. The fourth-order valence-electron chi connectivity index (χ4n) is 3.83. The molecular weight excluding hydrogens is 508 g/mol. The smallest absolute Gasteiger partial charge is 0.191 e. The summed E-state index contributed by atoms with van der Waals surface area (Å²) >= 11 is 0. The van der Waals surface area contributed by atoms with Crippen molar-refractivity contribution in [3.05, 3.63) is 65.5 Å². The molecule has 2 aromatic carbocycles. The van der Waals surface area contributed by atoms with Crippen LogP contribution in [0.1, 0.15) is 30.9 Å². The largest absolute Gasteiger partial charge is 0.497 e. The van der Waals surface area contributed by atoms with Crippen LogP contribution in [0.2, 0.25) is 0 Å². The minimum atomic E-state index is -0.200. The highest BCUT2D eigenvalue weighted by Gasteiger charge is 2.34. The molecule has 0 unspecified atom stereocenters. The summed E-state index contributed by atoms with van der Waals surface area (Å²) in [4.78, 5) is 4.91. The molecule has 7 heteroatoms. The fraction of sp³-hybridized carbons (Fsp3) is 0.458. The molecular formula is C24H33FIN3O2. The number of nitrogens with one attached hydrogen (secondary N) is 2. The molecule has 0 spiro atoms. The Labute approximate surface area is 201 Å². The second-order valence-corrected chi connectivity index (χ2v) is 7.62. The van der Waals surface area contributed by atoms with Gasteiger partial charge in [-0.3, -0.25) is 4.99 Å².